The third-order valence-corrected chi connectivity index (χ3v) is 3.34. The summed E-state index contributed by atoms with van der Waals surface area (Å²) in [7, 11) is 0. The fraction of sp³-hybridized carbons (Fsp3) is 0.769. The Balaban J connectivity index is 2.07. The minimum atomic E-state index is 0.549. The molecule has 0 spiro atoms. The Kier molecular flexibility index (Phi) is 3.45. The topological polar surface area (TPSA) is 15.6 Å². The molecule has 2 nitrogen and oxygen atoms in total. The Morgan fingerprint density at radius 3 is 2.87 bits per heavy atom. The number of rotatable bonds is 1. The fourth-order valence-electron chi connectivity index (χ4n) is 2.31. The van der Waals surface area contributed by atoms with Gasteiger partial charge >= 0.3 is 0 Å². The summed E-state index contributed by atoms with van der Waals surface area (Å²) in [6.07, 6.45) is 11.3. The zero-order valence-corrected chi connectivity index (χ0v) is 9.95. The monoisotopic (exact) mass is 206 g/mol. The van der Waals surface area contributed by atoms with Gasteiger partial charge in [0.25, 0.3) is 0 Å². The van der Waals surface area contributed by atoms with E-state index in [-0.39, 0.29) is 0 Å². The highest BCUT2D eigenvalue weighted by Gasteiger charge is 2.20. The van der Waals surface area contributed by atoms with Crippen molar-refractivity contribution in [1.29, 1.82) is 0 Å². The van der Waals surface area contributed by atoms with Gasteiger partial charge in [-0.3, -0.25) is 5.01 Å². The van der Waals surface area contributed by atoms with E-state index in [0.29, 0.717) is 12.0 Å². The Labute approximate surface area is 93.0 Å². The highest BCUT2D eigenvalue weighted by molar-refractivity contribution is 5.96. The average Bonchev–Trinajstić information content (AvgIpc) is 2.18. The second-order valence-electron chi connectivity index (χ2n) is 4.97. The molecule has 2 heterocycles. The average molecular weight is 206 g/mol. The zero-order chi connectivity index (χ0) is 10.7. The molecule has 0 aromatic rings. The maximum absolute atomic E-state index is 4.77. The van der Waals surface area contributed by atoms with Crippen molar-refractivity contribution in [3.8, 4) is 0 Å². The van der Waals surface area contributed by atoms with E-state index in [1.807, 2.05) is 0 Å². The van der Waals surface area contributed by atoms with Gasteiger partial charge in [0.1, 0.15) is 0 Å². The van der Waals surface area contributed by atoms with Crippen molar-refractivity contribution in [2.45, 2.75) is 52.0 Å². The molecule has 2 rings (SSSR count). The lowest BCUT2D eigenvalue weighted by Gasteiger charge is -2.33. The standard InChI is InChI=1S/C13H22N2/c1-11(2)13-9-8-12-7-5-3-4-6-10-15(12)14-13/h8-9,11-12H,3-7,10H2,1-2H3. The lowest BCUT2D eigenvalue weighted by molar-refractivity contribution is 0.204. The van der Waals surface area contributed by atoms with E-state index in [4.69, 9.17) is 5.10 Å². The largest absolute Gasteiger partial charge is 0.290 e. The molecule has 1 atom stereocenters. The fourth-order valence-corrected chi connectivity index (χ4v) is 2.31. The van der Waals surface area contributed by atoms with Crippen LogP contribution in [0.1, 0.15) is 46.0 Å². The Morgan fingerprint density at radius 2 is 2.07 bits per heavy atom. The summed E-state index contributed by atoms with van der Waals surface area (Å²) in [5.41, 5.74) is 1.24. The molecule has 0 aromatic heterocycles. The summed E-state index contributed by atoms with van der Waals surface area (Å²) >= 11 is 0. The third-order valence-electron chi connectivity index (χ3n) is 3.34. The van der Waals surface area contributed by atoms with Crippen molar-refractivity contribution in [3.63, 3.8) is 0 Å². The molecule has 0 aromatic carbocycles. The van der Waals surface area contributed by atoms with Crippen molar-refractivity contribution in [2.75, 3.05) is 6.54 Å². The smallest absolute Gasteiger partial charge is 0.0654 e. The number of hydrogen-bond acceptors (Lipinski definition) is 2. The summed E-state index contributed by atoms with van der Waals surface area (Å²) in [5, 5.41) is 7.08. The summed E-state index contributed by atoms with van der Waals surface area (Å²) in [5.74, 6) is 0.549. The van der Waals surface area contributed by atoms with Crippen LogP contribution in [0.15, 0.2) is 17.3 Å². The lowest BCUT2D eigenvalue weighted by Crippen LogP contribution is -2.35. The first kappa shape index (κ1) is 10.7. The van der Waals surface area contributed by atoms with Crippen LogP contribution in [-0.2, 0) is 0 Å². The van der Waals surface area contributed by atoms with Crippen molar-refractivity contribution in [3.05, 3.63) is 12.2 Å². The van der Waals surface area contributed by atoms with Crippen LogP contribution in [0.2, 0.25) is 0 Å². The predicted octanol–water partition coefficient (Wildman–Crippen LogP) is 3.20. The Bertz CT molecular complexity index is 266. The van der Waals surface area contributed by atoms with E-state index in [1.54, 1.807) is 0 Å². The molecular formula is C13H22N2. The highest BCUT2D eigenvalue weighted by atomic mass is 15.5. The van der Waals surface area contributed by atoms with Crippen LogP contribution in [0.5, 0.6) is 0 Å². The second kappa shape index (κ2) is 4.82. The van der Waals surface area contributed by atoms with E-state index in [2.05, 4.69) is 31.0 Å². The summed E-state index contributed by atoms with van der Waals surface area (Å²) in [4.78, 5) is 0. The molecule has 2 aliphatic rings. The van der Waals surface area contributed by atoms with Gasteiger partial charge in [-0.25, -0.2) is 0 Å². The molecule has 84 valence electrons. The minimum absolute atomic E-state index is 0.549. The van der Waals surface area contributed by atoms with Gasteiger partial charge < -0.3 is 0 Å². The maximum atomic E-state index is 4.77. The van der Waals surface area contributed by atoms with Gasteiger partial charge in [0, 0.05) is 6.54 Å². The molecule has 1 unspecified atom stereocenters. The summed E-state index contributed by atoms with van der Waals surface area (Å²) < 4.78 is 0. The quantitative estimate of drug-likeness (QED) is 0.643. The van der Waals surface area contributed by atoms with Crippen LogP contribution in [0.4, 0.5) is 0 Å². The van der Waals surface area contributed by atoms with Gasteiger partial charge in [0.15, 0.2) is 0 Å². The van der Waals surface area contributed by atoms with Gasteiger partial charge in [-0.1, -0.05) is 39.2 Å². The van der Waals surface area contributed by atoms with Crippen LogP contribution < -0.4 is 0 Å². The van der Waals surface area contributed by atoms with Crippen molar-refractivity contribution < 1.29 is 0 Å². The molecule has 0 bridgehead atoms. The van der Waals surface area contributed by atoms with Crippen LogP contribution in [0.3, 0.4) is 0 Å². The number of allylic oxidation sites excluding steroid dienone is 1. The van der Waals surface area contributed by atoms with Crippen molar-refractivity contribution in [2.24, 2.45) is 11.0 Å². The maximum Gasteiger partial charge on any atom is 0.0654 e. The summed E-state index contributed by atoms with van der Waals surface area (Å²) in [6, 6.07) is 0.577. The normalized spacial score (nSPS) is 27.0. The molecule has 0 N–H and O–H groups in total. The molecule has 1 fully saturated rings. The van der Waals surface area contributed by atoms with Crippen molar-refractivity contribution in [1.82, 2.24) is 5.01 Å². The number of hydrazone groups is 1. The van der Waals surface area contributed by atoms with Crippen LogP contribution in [-0.4, -0.2) is 23.3 Å². The van der Waals surface area contributed by atoms with Gasteiger partial charge in [0.2, 0.25) is 0 Å². The zero-order valence-electron chi connectivity index (χ0n) is 9.95. The molecule has 0 radical (unpaired) electrons. The molecule has 1 saturated heterocycles. The second-order valence-corrected chi connectivity index (χ2v) is 4.97. The van der Waals surface area contributed by atoms with Gasteiger partial charge in [0.05, 0.1) is 11.8 Å². The Hall–Kier alpha value is -0.790. The van der Waals surface area contributed by atoms with E-state index in [9.17, 15) is 0 Å². The summed E-state index contributed by atoms with van der Waals surface area (Å²) in [6.45, 7) is 5.58. The molecule has 2 heteroatoms. The molecule has 0 amide bonds. The molecular weight excluding hydrogens is 184 g/mol. The predicted molar refractivity (Wildman–Crippen MR) is 65.0 cm³/mol. The number of hydrogen-bond donors (Lipinski definition) is 0. The third kappa shape index (κ3) is 2.61. The molecule has 0 saturated carbocycles. The van der Waals surface area contributed by atoms with Gasteiger partial charge in [-0.15, -0.1) is 0 Å². The SMILES string of the molecule is CC(C)C1=NN2CCCCCCC2C=C1. The van der Waals surface area contributed by atoms with Crippen LogP contribution >= 0.6 is 0 Å². The minimum Gasteiger partial charge on any atom is -0.290 e. The van der Waals surface area contributed by atoms with E-state index < -0.39 is 0 Å². The first-order valence-electron chi connectivity index (χ1n) is 6.30. The number of nitrogens with zero attached hydrogens (tertiary/aromatic N) is 2. The number of fused-ring (bicyclic) bond motifs is 1. The molecule has 15 heavy (non-hydrogen) atoms. The first-order valence-corrected chi connectivity index (χ1v) is 6.30. The molecule has 0 aliphatic carbocycles. The van der Waals surface area contributed by atoms with Gasteiger partial charge in [-0.05, 0) is 24.8 Å². The van der Waals surface area contributed by atoms with E-state index in [1.165, 1.54) is 37.8 Å². The van der Waals surface area contributed by atoms with Crippen LogP contribution in [0, 0.1) is 5.92 Å². The Morgan fingerprint density at radius 1 is 1.27 bits per heavy atom. The van der Waals surface area contributed by atoms with Crippen molar-refractivity contribution >= 4 is 5.71 Å². The van der Waals surface area contributed by atoms with Gasteiger partial charge in [-0.2, -0.15) is 5.10 Å². The highest BCUT2D eigenvalue weighted by Crippen LogP contribution is 2.21. The molecule has 2 aliphatic heterocycles. The van der Waals surface area contributed by atoms with E-state index in [0.717, 1.165) is 6.54 Å². The lowest BCUT2D eigenvalue weighted by atomic mass is 9.99. The first-order chi connectivity index (χ1) is 7.27. The van der Waals surface area contributed by atoms with E-state index >= 15 is 0 Å². The van der Waals surface area contributed by atoms with Crippen LogP contribution in [0.25, 0.3) is 0 Å².